The van der Waals surface area contributed by atoms with Crippen LogP contribution in [0.3, 0.4) is 0 Å². The molecule has 1 unspecified atom stereocenters. The third-order valence-corrected chi connectivity index (χ3v) is 4.79. The number of hydrogen-bond acceptors (Lipinski definition) is 4. The van der Waals surface area contributed by atoms with Crippen molar-refractivity contribution in [2.24, 2.45) is 5.92 Å². The lowest BCUT2D eigenvalue weighted by Gasteiger charge is -2.20. The molecule has 1 fully saturated rings. The molecule has 1 aliphatic heterocycles. The average Bonchev–Trinajstić information content (AvgIpc) is 3.17. The molecule has 1 saturated heterocycles. The Balaban J connectivity index is 1.67. The third-order valence-electron chi connectivity index (χ3n) is 4.79. The maximum atomic E-state index is 12.7. The highest BCUT2D eigenvalue weighted by Crippen LogP contribution is 2.27. The van der Waals surface area contributed by atoms with Gasteiger partial charge in [-0.1, -0.05) is 17.7 Å². The zero-order chi connectivity index (χ0) is 19.7. The van der Waals surface area contributed by atoms with Crippen LogP contribution in [0.15, 0.2) is 34.7 Å². The van der Waals surface area contributed by atoms with E-state index in [0.717, 1.165) is 11.3 Å². The van der Waals surface area contributed by atoms with E-state index in [9.17, 15) is 14.4 Å². The maximum absolute atomic E-state index is 12.7. The number of aromatic carboxylic acids is 1. The lowest BCUT2D eigenvalue weighted by Crippen LogP contribution is -2.34. The molecule has 0 aliphatic carbocycles. The van der Waals surface area contributed by atoms with Crippen LogP contribution in [0.2, 0.25) is 0 Å². The van der Waals surface area contributed by atoms with Crippen LogP contribution >= 0.6 is 0 Å². The fourth-order valence-electron chi connectivity index (χ4n) is 3.30. The zero-order valence-corrected chi connectivity index (χ0v) is 15.6. The van der Waals surface area contributed by atoms with Crippen molar-refractivity contribution in [3.8, 4) is 0 Å². The molecule has 0 saturated carbocycles. The van der Waals surface area contributed by atoms with E-state index in [-0.39, 0.29) is 30.3 Å². The Bertz CT molecular complexity index is 884. The highest BCUT2D eigenvalue weighted by molar-refractivity contribution is 6.00. The van der Waals surface area contributed by atoms with Crippen LogP contribution in [0.4, 0.5) is 5.69 Å². The van der Waals surface area contributed by atoms with E-state index in [4.69, 9.17) is 9.52 Å². The standard InChI is InChI=1S/C20H22N2O5/c1-12-4-6-15(7-5-12)22-10-14(8-18(22)23)19(24)21(3)11-16-9-17(20(25)26)13(2)27-16/h4-7,9,14H,8,10-11H2,1-3H3,(H,25,26). The summed E-state index contributed by atoms with van der Waals surface area (Å²) in [5.41, 5.74) is 1.98. The second-order valence-corrected chi connectivity index (χ2v) is 6.92. The normalized spacial score (nSPS) is 16.6. The van der Waals surface area contributed by atoms with Gasteiger partial charge < -0.3 is 19.3 Å². The number of carboxylic acids is 1. The molecule has 27 heavy (non-hydrogen) atoms. The van der Waals surface area contributed by atoms with Gasteiger partial charge in [0.05, 0.1) is 12.5 Å². The summed E-state index contributed by atoms with van der Waals surface area (Å²) in [5.74, 6) is -1.03. The second kappa shape index (κ2) is 7.26. The molecule has 1 aliphatic rings. The van der Waals surface area contributed by atoms with Crippen LogP contribution in [-0.2, 0) is 16.1 Å². The van der Waals surface area contributed by atoms with Gasteiger partial charge in [-0.25, -0.2) is 4.79 Å². The Kier molecular flexibility index (Phi) is 5.03. The third kappa shape index (κ3) is 3.86. The van der Waals surface area contributed by atoms with Gasteiger partial charge in [0.25, 0.3) is 0 Å². The summed E-state index contributed by atoms with van der Waals surface area (Å²) in [7, 11) is 1.62. The topological polar surface area (TPSA) is 91.1 Å². The molecule has 0 bridgehead atoms. The number of nitrogens with zero attached hydrogens (tertiary/aromatic N) is 2. The number of carboxylic acid groups (broad SMARTS) is 1. The molecule has 0 radical (unpaired) electrons. The predicted molar refractivity (Wildman–Crippen MR) is 98.5 cm³/mol. The van der Waals surface area contributed by atoms with Crippen LogP contribution in [0.25, 0.3) is 0 Å². The predicted octanol–water partition coefficient (Wildman–Crippen LogP) is 2.61. The van der Waals surface area contributed by atoms with Crippen molar-refractivity contribution in [2.45, 2.75) is 26.8 Å². The minimum absolute atomic E-state index is 0.0763. The number of carbonyl (C=O) groups is 3. The van der Waals surface area contributed by atoms with Crippen molar-refractivity contribution >= 4 is 23.5 Å². The summed E-state index contributed by atoms with van der Waals surface area (Å²) in [6.45, 7) is 4.04. The summed E-state index contributed by atoms with van der Waals surface area (Å²) in [6.07, 6.45) is 0.161. The molecule has 1 aromatic heterocycles. The molecule has 3 rings (SSSR count). The molecular formula is C20H22N2O5. The van der Waals surface area contributed by atoms with E-state index in [1.165, 1.54) is 11.0 Å². The van der Waals surface area contributed by atoms with E-state index in [1.54, 1.807) is 18.9 Å². The number of benzene rings is 1. The fraction of sp³-hybridized carbons (Fsp3) is 0.350. The number of hydrogen-bond donors (Lipinski definition) is 1. The van der Waals surface area contributed by atoms with Gasteiger partial charge in [0, 0.05) is 25.7 Å². The molecular weight excluding hydrogens is 348 g/mol. The van der Waals surface area contributed by atoms with E-state index in [0.29, 0.717) is 18.1 Å². The van der Waals surface area contributed by atoms with E-state index in [1.807, 2.05) is 31.2 Å². The van der Waals surface area contributed by atoms with E-state index < -0.39 is 11.9 Å². The lowest BCUT2D eigenvalue weighted by molar-refractivity contribution is -0.135. The molecule has 2 heterocycles. The van der Waals surface area contributed by atoms with Crippen molar-refractivity contribution in [3.63, 3.8) is 0 Å². The number of carbonyl (C=O) groups excluding carboxylic acids is 2. The summed E-state index contributed by atoms with van der Waals surface area (Å²) in [4.78, 5) is 39.3. The van der Waals surface area contributed by atoms with Gasteiger partial charge in [-0.3, -0.25) is 9.59 Å². The number of rotatable bonds is 5. The minimum atomic E-state index is -1.06. The van der Waals surface area contributed by atoms with Gasteiger partial charge in [0.2, 0.25) is 11.8 Å². The number of furan rings is 1. The monoisotopic (exact) mass is 370 g/mol. The van der Waals surface area contributed by atoms with Gasteiger partial charge in [-0.15, -0.1) is 0 Å². The second-order valence-electron chi connectivity index (χ2n) is 6.92. The Hall–Kier alpha value is -3.09. The maximum Gasteiger partial charge on any atom is 0.339 e. The van der Waals surface area contributed by atoms with Crippen molar-refractivity contribution < 1.29 is 23.9 Å². The first-order valence-electron chi connectivity index (χ1n) is 8.71. The molecule has 1 aromatic carbocycles. The van der Waals surface area contributed by atoms with Gasteiger partial charge >= 0.3 is 5.97 Å². The van der Waals surface area contributed by atoms with Gasteiger partial charge in [-0.2, -0.15) is 0 Å². The van der Waals surface area contributed by atoms with Crippen LogP contribution in [0, 0.1) is 19.8 Å². The van der Waals surface area contributed by atoms with Crippen molar-refractivity contribution in [1.29, 1.82) is 0 Å². The highest BCUT2D eigenvalue weighted by Gasteiger charge is 2.36. The quantitative estimate of drug-likeness (QED) is 0.874. The van der Waals surface area contributed by atoms with Crippen LogP contribution in [-0.4, -0.2) is 41.4 Å². The molecule has 7 heteroatoms. The lowest BCUT2D eigenvalue weighted by atomic mass is 10.1. The number of amides is 2. The van der Waals surface area contributed by atoms with Crippen molar-refractivity contribution in [2.75, 3.05) is 18.5 Å². The highest BCUT2D eigenvalue weighted by atomic mass is 16.4. The first-order valence-corrected chi connectivity index (χ1v) is 8.71. The number of anilines is 1. The summed E-state index contributed by atoms with van der Waals surface area (Å²) < 4.78 is 5.43. The Morgan fingerprint density at radius 1 is 1.26 bits per heavy atom. The zero-order valence-electron chi connectivity index (χ0n) is 15.6. The molecule has 7 nitrogen and oxygen atoms in total. The SMILES string of the molecule is Cc1ccc(N2CC(C(=O)N(C)Cc3cc(C(=O)O)c(C)o3)CC2=O)cc1. The van der Waals surface area contributed by atoms with E-state index in [2.05, 4.69) is 0 Å². The average molecular weight is 370 g/mol. The molecule has 2 amide bonds. The molecule has 0 spiro atoms. The summed E-state index contributed by atoms with van der Waals surface area (Å²) in [5, 5.41) is 9.10. The fourth-order valence-corrected chi connectivity index (χ4v) is 3.30. The Morgan fingerprint density at radius 3 is 2.52 bits per heavy atom. The van der Waals surface area contributed by atoms with Crippen molar-refractivity contribution in [3.05, 3.63) is 53.0 Å². The van der Waals surface area contributed by atoms with Crippen LogP contribution in [0.1, 0.15) is 33.9 Å². The Morgan fingerprint density at radius 2 is 1.93 bits per heavy atom. The minimum Gasteiger partial charge on any atom is -0.478 e. The van der Waals surface area contributed by atoms with Gasteiger partial charge in [-0.05, 0) is 32.0 Å². The number of aryl methyl sites for hydroxylation is 2. The van der Waals surface area contributed by atoms with Gasteiger partial charge in [0.15, 0.2) is 0 Å². The van der Waals surface area contributed by atoms with Crippen LogP contribution in [0.5, 0.6) is 0 Å². The smallest absolute Gasteiger partial charge is 0.339 e. The molecule has 1 N–H and O–H groups in total. The first kappa shape index (κ1) is 18.7. The molecule has 2 aromatic rings. The summed E-state index contributed by atoms with van der Waals surface area (Å²) >= 11 is 0. The van der Waals surface area contributed by atoms with Crippen molar-refractivity contribution in [1.82, 2.24) is 4.90 Å². The van der Waals surface area contributed by atoms with E-state index >= 15 is 0 Å². The molecule has 1 atom stereocenters. The molecule has 142 valence electrons. The van der Waals surface area contributed by atoms with Gasteiger partial charge in [0.1, 0.15) is 17.1 Å². The Labute approximate surface area is 157 Å². The summed E-state index contributed by atoms with van der Waals surface area (Å²) in [6, 6.07) is 9.05. The first-order chi connectivity index (χ1) is 12.8. The largest absolute Gasteiger partial charge is 0.478 e. The van der Waals surface area contributed by atoms with Crippen LogP contribution < -0.4 is 4.90 Å².